The number of urea groups is 1. The molecule has 6 heteroatoms. The van der Waals surface area contributed by atoms with Crippen LogP contribution in [0.5, 0.6) is 5.75 Å². The first-order valence-electron chi connectivity index (χ1n) is 8.93. The fraction of sp³-hybridized carbons (Fsp3) is 0.579. The maximum absolute atomic E-state index is 12.4. The van der Waals surface area contributed by atoms with Crippen LogP contribution in [-0.2, 0) is 11.3 Å². The summed E-state index contributed by atoms with van der Waals surface area (Å²) in [5.41, 5.74) is 1.03. The zero-order chi connectivity index (χ0) is 18.2. The molecule has 1 atom stereocenters. The maximum atomic E-state index is 12.4. The molecule has 1 aromatic carbocycles. The van der Waals surface area contributed by atoms with Crippen molar-refractivity contribution in [2.75, 3.05) is 26.7 Å². The van der Waals surface area contributed by atoms with Crippen molar-refractivity contribution in [1.29, 1.82) is 0 Å². The van der Waals surface area contributed by atoms with E-state index in [-0.39, 0.29) is 17.9 Å². The van der Waals surface area contributed by atoms with E-state index in [0.717, 1.165) is 30.7 Å². The zero-order valence-corrected chi connectivity index (χ0v) is 15.4. The molecule has 2 N–H and O–H groups in total. The van der Waals surface area contributed by atoms with Gasteiger partial charge in [-0.1, -0.05) is 26.0 Å². The van der Waals surface area contributed by atoms with Gasteiger partial charge in [0.05, 0.1) is 7.11 Å². The number of piperidine rings is 1. The lowest BCUT2D eigenvalue weighted by atomic mass is 9.98. The lowest BCUT2D eigenvalue weighted by Crippen LogP contribution is -2.47. The highest BCUT2D eigenvalue weighted by molar-refractivity contribution is 5.77. The molecule has 1 saturated heterocycles. The SMILES string of the molecule is COc1ccc(CNC(=O)N2CCCC(CNC(=O)C(C)C)C2)cc1. The molecular weight excluding hydrogens is 318 g/mol. The average Bonchev–Trinajstić information content (AvgIpc) is 2.64. The summed E-state index contributed by atoms with van der Waals surface area (Å²) in [6.45, 7) is 6.35. The summed E-state index contributed by atoms with van der Waals surface area (Å²) in [6, 6.07) is 7.61. The Morgan fingerprint density at radius 3 is 2.60 bits per heavy atom. The Bertz CT molecular complexity index is 572. The van der Waals surface area contributed by atoms with Crippen LogP contribution >= 0.6 is 0 Å². The van der Waals surface area contributed by atoms with Gasteiger partial charge >= 0.3 is 6.03 Å². The summed E-state index contributed by atoms with van der Waals surface area (Å²) in [7, 11) is 1.63. The van der Waals surface area contributed by atoms with Crippen molar-refractivity contribution in [3.8, 4) is 5.75 Å². The van der Waals surface area contributed by atoms with Crippen LogP contribution in [0.2, 0.25) is 0 Å². The van der Waals surface area contributed by atoms with Gasteiger partial charge in [-0.2, -0.15) is 0 Å². The maximum Gasteiger partial charge on any atom is 0.317 e. The minimum absolute atomic E-state index is 0.00695. The highest BCUT2D eigenvalue weighted by Gasteiger charge is 2.24. The number of hydrogen-bond acceptors (Lipinski definition) is 3. The van der Waals surface area contributed by atoms with Gasteiger partial charge in [0.15, 0.2) is 0 Å². The van der Waals surface area contributed by atoms with Crippen LogP contribution in [0.25, 0.3) is 0 Å². The third-order valence-electron chi connectivity index (χ3n) is 4.50. The second-order valence-corrected chi connectivity index (χ2v) is 6.86. The Morgan fingerprint density at radius 1 is 1.24 bits per heavy atom. The molecule has 1 unspecified atom stereocenters. The number of hydrogen-bond donors (Lipinski definition) is 2. The number of likely N-dealkylation sites (tertiary alicyclic amines) is 1. The zero-order valence-electron chi connectivity index (χ0n) is 15.4. The fourth-order valence-electron chi connectivity index (χ4n) is 2.90. The predicted octanol–water partition coefficient (Wildman–Crippen LogP) is 2.39. The smallest absolute Gasteiger partial charge is 0.317 e. The first-order chi connectivity index (χ1) is 12.0. The Labute approximate surface area is 149 Å². The molecule has 1 aliphatic rings. The molecule has 2 rings (SSSR count). The van der Waals surface area contributed by atoms with Crippen LogP contribution in [0.15, 0.2) is 24.3 Å². The Balaban J connectivity index is 1.77. The monoisotopic (exact) mass is 347 g/mol. The lowest BCUT2D eigenvalue weighted by Gasteiger charge is -2.33. The molecule has 1 fully saturated rings. The van der Waals surface area contributed by atoms with Crippen LogP contribution in [0, 0.1) is 11.8 Å². The van der Waals surface area contributed by atoms with Crippen molar-refractivity contribution in [2.24, 2.45) is 11.8 Å². The lowest BCUT2D eigenvalue weighted by molar-refractivity contribution is -0.124. The average molecular weight is 347 g/mol. The van der Waals surface area contributed by atoms with Gasteiger partial charge in [0.1, 0.15) is 5.75 Å². The summed E-state index contributed by atoms with van der Waals surface area (Å²) < 4.78 is 5.13. The molecule has 25 heavy (non-hydrogen) atoms. The number of nitrogens with zero attached hydrogens (tertiary/aromatic N) is 1. The molecule has 0 bridgehead atoms. The molecule has 0 aromatic heterocycles. The predicted molar refractivity (Wildman–Crippen MR) is 97.4 cm³/mol. The molecule has 1 aromatic rings. The Hall–Kier alpha value is -2.24. The molecule has 138 valence electrons. The van der Waals surface area contributed by atoms with Gasteiger partial charge in [0.2, 0.25) is 5.91 Å². The van der Waals surface area contributed by atoms with Crippen molar-refractivity contribution in [2.45, 2.75) is 33.2 Å². The number of rotatable bonds is 6. The summed E-state index contributed by atoms with van der Waals surface area (Å²) >= 11 is 0. The Morgan fingerprint density at radius 2 is 1.96 bits per heavy atom. The minimum Gasteiger partial charge on any atom is -0.497 e. The number of amides is 3. The normalized spacial score (nSPS) is 17.3. The number of ether oxygens (including phenoxy) is 1. The van der Waals surface area contributed by atoms with E-state index in [1.165, 1.54) is 0 Å². The highest BCUT2D eigenvalue weighted by atomic mass is 16.5. The second-order valence-electron chi connectivity index (χ2n) is 6.86. The van der Waals surface area contributed by atoms with Gasteiger partial charge in [0, 0.05) is 32.1 Å². The number of methoxy groups -OCH3 is 1. The van der Waals surface area contributed by atoms with E-state index in [9.17, 15) is 9.59 Å². The van der Waals surface area contributed by atoms with Crippen LogP contribution in [0.4, 0.5) is 4.79 Å². The van der Waals surface area contributed by atoms with Crippen molar-refractivity contribution in [1.82, 2.24) is 15.5 Å². The first kappa shape index (κ1) is 19.1. The molecule has 0 radical (unpaired) electrons. The molecule has 3 amide bonds. The highest BCUT2D eigenvalue weighted by Crippen LogP contribution is 2.16. The van der Waals surface area contributed by atoms with Crippen LogP contribution in [-0.4, -0.2) is 43.6 Å². The fourth-order valence-corrected chi connectivity index (χ4v) is 2.90. The number of carbonyl (C=O) groups excluding carboxylic acids is 2. The van der Waals surface area contributed by atoms with E-state index in [2.05, 4.69) is 10.6 Å². The molecular formula is C19H29N3O3. The number of benzene rings is 1. The minimum atomic E-state index is -0.0456. The summed E-state index contributed by atoms with van der Waals surface area (Å²) in [5.74, 6) is 1.19. The van der Waals surface area contributed by atoms with Crippen LogP contribution in [0.1, 0.15) is 32.3 Å². The van der Waals surface area contributed by atoms with Crippen LogP contribution in [0.3, 0.4) is 0 Å². The van der Waals surface area contributed by atoms with Gasteiger partial charge in [-0.25, -0.2) is 4.79 Å². The quantitative estimate of drug-likeness (QED) is 0.830. The largest absolute Gasteiger partial charge is 0.497 e. The molecule has 0 spiro atoms. The van der Waals surface area contributed by atoms with E-state index in [1.807, 2.05) is 43.0 Å². The molecule has 0 saturated carbocycles. The third-order valence-corrected chi connectivity index (χ3v) is 4.50. The number of carbonyl (C=O) groups is 2. The summed E-state index contributed by atoms with van der Waals surface area (Å²) in [5, 5.41) is 5.94. The summed E-state index contributed by atoms with van der Waals surface area (Å²) in [4.78, 5) is 25.9. The van der Waals surface area contributed by atoms with Gasteiger partial charge in [-0.3, -0.25) is 4.79 Å². The van der Waals surface area contributed by atoms with Gasteiger partial charge in [-0.05, 0) is 36.5 Å². The molecule has 1 aliphatic heterocycles. The summed E-state index contributed by atoms with van der Waals surface area (Å²) in [6.07, 6.45) is 2.01. The standard InChI is InChI=1S/C19H29N3O3/c1-14(2)18(23)20-12-16-5-4-10-22(13-16)19(24)21-11-15-6-8-17(25-3)9-7-15/h6-9,14,16H,4-5,10-13H2,1-3H3,(H,20,23)(H,21,24). The van der Waals surface area contributed by atoms with Crippen molar-refractivity contribution >= 4 is 11.9 Å². The molecule has 6 nitrogen and oxygen atoms in total. The first-order valence-corrected chi connectivity index (χ1v) is 8.93. The van der Waals surface area contributed by atoms with E-state index >= 15 is 0 Å². The van der Waals surface area contributed by atoms with Gasteiger partial charge < -0.3 is 20.3 Å². The topological polar surface area (TPSA) is 70.7 Å². The number of nitrogens with one attached hydrogen (secondary N) is 2. The molecule has 0 aliphatic carbocycles. The second kappa shape index (κ2) is 9.30. The van der Waals surface area contributed by atoms with E-state index in [4.69, 9.17) is 4.74 Å². The van der Waals surface area contributed by atoms with E-state index in [0.29, 0.717) is 25.6 Å². The molecule has 1 heterocycles. The van der Waals surface area contributed by atoms with Crippen molar-refractivity contribution < 1.29 is 14.3 Å². The van der Waals surface area contributed by atoms with Gasteiger partial charge in [-0.15, -0.1) is 0 Å². The third kappa shape index (κ3) is 5.96. The van der Waals surface area contributed by atoms with E-state index in [1.54, 1.807) is 7.11 Å². The van der Waals surface area contributed by atoms with E-state index < -0.39 is 0 Å². The Kier molecular flexibility index (Phi) is 7.10. The van der Waals surface area contributed by atoms with Gasteiger partial charge in [0.25, 0.3) is 0 Å². The van der Waals surface area contributed by atoms with Crippen LogP contribution < -0.4 is 15.4 Å². The van der Waals surface area contributed by atoms with Crippen molar-refractivity contribution in [3.63, 3.8) is 0 Å². The van der Waals surface area contributed by atoms with Crippen molar-refractivity contribution in [3.05, 3.63) is 29.8 Å².